The van der Waals surface area contributed by atoms with Gasteiger partial charge in [-0.05, 0) is 55.7 Å². The monoisotopic (exact) mass is 435 g/mol. The van der Waals surface area contributed by atoms with Gasteiger partial charge >= 0.3 is 0 Å². The number of benzene rings is 1. The SMILES string of the molecule is CN=C(NCC1CCN(S(C)(=O)=O)CC1)N(C)Cc1ccc(N2CCCCC2)cc1. The highest BCUT2D eigenvalue weighted by Gasteiger charge is 2.25. The normalized spacial score (nSPS) is 19.7. The van der Waals surface area contributed by atoms with Gasteiger partial charge in [-0.25, -0.2) is 12.7 Å². The summed E-state index contributed by atoms with van der Waals surface area (Å²) in [6, 6.07) is 8.91. The molecular formula is C22H37N5O2S. The van der Waals surface area contributed by atoms with Gasteiger partial charge in [0.25, 0.3) is 0 Å². The minimum Gasteiger partial charge on any atom is -0.372 e. The summed E-state index contributed by atoms with van der Waals surface area (Å²) in [6.45, 7) is 5.18. The lowest BCUT2D eigenvalue weighted by molar-refractivity contribution is 0.273. The maximum Gasteiger partial charge on any atom is 0.211 e. The van der Waals surface area contributed by atoms with Crippen molar-refractivity contribution in [3.8, 4) is 0 Å². The maximum atomic E-state index is 11.7. The Balaban J connectivity index is 1.46. The second kappa shape index (κ2) is 10.5. The minimum absolute atomic E-state index is 0.469. The number of guanidine groups is 1. The standard InChI is InChI=1S/C22H37N5O2S/c1-23-22(24-17-19-11-15-27(16-12-19)30(3,28)29)25(2)18-20-7-9-21(10-8-20)26-13-5-4-6-14-26/h7-10,19H,4-6,11-18H2,1-3H3,(H,23,24). The van der Waals surface area contributed by atoms with E-state index in [1.54, 1.807) is 4.31 Å². The molecule has 2 fully saturated rings. The molecule has 3 rings (SSSR count). The molecule has 0 amide bonds. The molecule has 7 nitrogen and oxygen atoms in total. The average molecular weight is 436 g/mol. The van der Waals surface area contributed by atoms with Gasteiger partial charge in [0.15, 0.2) is 5.96 Å². The molecule has 8 heteroatoms. The molecule has 0 radical (unpaired) electrons. The number of aliphatic imine (C=N–C) groups is 1. The summed E-state index contributed by atoms with van der Waals surface area (Å²) in [5, 5.41) is 3.48. The third kappa shape index (κ3) is 6.35. The number of nitrogens with one attached hydrogen (secondary N) is 1. The first-order valence-corrected chi connectivity index (χ1v) is 12.9. The highest BCUT2D eigenvalue weighted by atomic mass is 32.2. The molecule has 0 atom stereocenters. The van der Waals surface area contributed by atoms with E-state index >= 15 is 0 Å². The number of hydrogen-bond acceptors (Lipinski definition) is 4. The molecule has 2 saturated heterocycles. The first kappa shape index (κ1) is 22.9. The van der Waals surface area contributed by atoms with E-state index in [2.05, 4.69) is 51.4 Å². The Morgan fingerprint density at radius 2 is 1.73 bits per heavy atom. The van der Waals surface area contributed by atoms with Crippen LogP contribution < -0.4 is 10.2 Å². The van der Waals surface area contributed by atoms with E-state index in [4.69, 9.17) is 0 Å². The summed E-state index contributed by atoms with van der Waals surface area (Å²) in [5.41, 5.74) is 2.59. The summed E-state index contributed by atoms with van der Waals surface area (Å²) < 4.78 is 24.9. The van der Waals surface area contributed by atoms with Crippen LogP contribution in [-0.2, 0) is 16.6 Å². The summed E-state index contributed by atoms with van der Waals surface area (Å²) in [7, 11) is 0.800. The molecule has 30 heavy (non-hydrogen) atoms. The Hall–Kier alpha value is -1.80. The second-order valence-electron chi connectivity index (χ2n) is 8.60. The lowest BCUT2D eigenvalue weighted by atomic mass is 9.98. The number of sulfonamides is 1. The molecule has 2 heterocycles. The van der Waals surface area contributed by atoms with Crippen molar-refractivity contribution in [2.45, 2.75) is 38.6 Å². The summed E-state index contributed by atoms with van der Waals surface area (Å²) in [6.07, 6.45) is 7.00. The van der Waals surface area contributed by atoms with Crippen LogP contribution in [0.2, 0.25) is 0 Å². The summed E-state index contributed by atoms with van der Waals surface area (Å²) in [5.74, 6) is 1.35. The predicted octanol–water partition coefficient (Wildman–Crippen LogP) is 2.36. The Labute approximate surface area is 182 Å². The summed E-state index contributed by atoms with van der Waals surface area (Å²) in [4.78, 5) is 9.05. The predicted molar refractivity (Wildman–Crippen MR) is 124 cm³/mol. The molecule has 0 aromatic heterocycles. The third-order valence-corrected chi connectivity index (χ3v) is 7.55. The van der Waals surface area contributed by atoms with Gasteiger partial charge in [0, 0.05) is 59.1 Å². The highest BCUT2D eigenvalue weighted by molar-refractivity contribution is 7.88. The van der Waals surface area contributed by atoms with Crippen molar-refractivity contribution in [2.75, 3.05) is 58.0 Å². The Morgan fingerprint density at radius 1 is 1.10 bits per heavy atom. The van der Waals surface area contributed by atoms with E-state index in [0.717, 1.165) is 31.9 Å². The van der Waals surface area contributed by atoms with Gasteiger partial charge < -0.3 is 15.1 Å². The van der Waals surface area contributed by atoms with E-state index in [1.165, 1.54) is 49.9 Å². The molecule has 1 N–H and O–H groups in total. The van der Waals surface area contributed by atoms with Crippen LogP contribution in [0.4, 0.5) is 5.69 Å². The molecule has 0 bridgehead atoms. The molecule has 2 aliphatic heterocycles. The van der Waals surface area contributed by atoms with Crippen LogP contribution in [0.15, 0.2) is 29.3 Å². The topological polar surface area (TPSA) is 68.2 Å². The fourth-order valence-corrected chi connectivity index (χ4v) is 5.25. The molecule has 0 spiro atoms. The molecule has 0 unspecified atom stereocenters. The van der Waals surface area contributed by atoms with Crippen LogP contribution in [0.5, 0.6) is 0 Å². The van der Waals surface area contributed by atoms with E-state index in [-0.39, 0.29) is 0 Å². The van der Waals surface area contributed by atoms with Gasteiger partial charge in [0.1, 0.15) is 0 Å². The van der Waals surface area contributed by atoms with Crippen molar-refractivity contribution >= 4 is 21.7 Å². The first-order chi connectivity index (χ1) is 14.4. The Morgan fingerprint density at radius 3 is 2.30 bits per heavy atom. The Kier molecular flexibility index (Phi) is 7.99. The summed E-state index contributed by atoms with van der Waals surface area (Å²) >= 11 is 0. The van der Waals surface area contributed by atoms with Gasteiger partial charge in [-0.3, -0.25) is 4.99 Å². The fraction of sp³-hybridized carbons (Fsp3) is 0.682. The molecule has 1 aromatic carbocycles. The molecule has 0 saturated carbocycles. The van der Waals surface area contributed by atoms with Gasteiger partial charge in [-0.15, -0.1) is 0 Å². The smallest absolute Gasteiger partial charge is 0.211 e. The zero-order valence-corrected chi connectivity index (χ0v) is 19.5. The van der Waals surface area contributed by atoms with Crippen LogP contribution in [0.1, 0.15) is 37.7 Å². The minimum atomic E-state index is -3.07. The van der Waals surface area contributed by atoms with Crippen LogP contribution in [0, 0.1) is 5.92 Å². The zero-order chi connectivity index (χ0) is 21.6. The number of anilines is 1. The molecule has 168 valence electrons. The van der Waals surface area contributed by atoms with Crippen LogP contribution in [0.3, 0.4) is 0 Å². The highest BCUT2D eigenvalue weighted by Crippen LogP contribution is 2.21. The number of rotatable bonds is 6. The molecule has 2 aliphatic rings. The molecule has 1 aromatic rings. The van der Waals surface area contributed by atoms with Crippen LogP contribution >= 0.6 is 0 Å². The molecular weight excluding hydrogens is 398 g/mol. The van der Waals surface area contributed by atoms with E-state index in [0.29, 0.717) is 19.0 Å². The number of nitrogens with zero attached hydrogens (tertiary/aromatic N) is 4. The lowest BCUT2D eigenvalue weighted by Gasteiger charge is -2.31. The largest absolute Gasteiger partial charge is 0.372 e. The Bertz CT molecular complexity index is 795. The number of hydrogen-bond donors (Lipinski definition) is 1. The second-order valence-corrected chi connectivity index (χ2v) is 10.6. The van der Waals surface area contributed by atoms with Gasteiger partial charge in [0.05, 0.1) is 6.26 Å². The van der Waals surface area contributed by atoms with Gasteiger partial charge in [-0.2, -0.15) is 0 Å². The van der Waals surface area contributed by atoms with Crippen LogP contribution in [0.25, 0.3) is 0 Å². The van der Waals surface area contributed by atoms with E-state index < -0.39 is 10.0 Å². The fourth-order valence-electron chi connectivity index (χ4n) is 4.38. The lowest BCUT2D eigenvalue weighted by Crippen LogP contribution is -2.44. The quantitative estimate of drug-likeness (QED) is 0.549. The van der Waals surface area contributed by atoms with Crippen molar-refractivity contribution in [3.05, 3.63) is 29.8 Å². The maximum absolute atomic E-state index is 11.7. The van der Waals surface area contributed by atoms with Crippen molar-refractivity contribution in [2.24, 2.45) is 10.9 Å². The van der Waals surface area contributed by atoms with Crippen LogP contribution in [-0.4, -0.2) is 76.7 Å². The van der Waals surface area contributed by atoms with Crippen molar-refractivity contribution in [1.82, 2.24) is 14.5 Å². The number of piperidine rings is 2. The first-order valence-electron chi connectivity index (χ1n) is 11.1. The van der Waals surface area contributed by atoms with E-state index in [1.807, 2.05) is 7.05 Å². The van der Waals surface area contributed by atoms with Crippen molar-refractivity contribution in [3.63, 3.8) is 0 Å². The molecule has 0 aliphatic carbocycles. The van der Waals surface area contributed by atoms with Gasteiger partial charge in [-0.1, -0.05) is 12.1 Å². The van der Waals surface area contributed by atoms with Crippen molar-refractivity contribution < 1.29 is 8.42 Å². The average Bonchev–Trinajstić information content (AvgIpc) is 2.75. The van der Waals surface area contributed by atoms with Crippen molar-refractivity contribution in [1.29, 1.82) is 0 Å². The van der Waals surface area contributed by atoms with E-state index in [9.17, 15) is 8.42 Å². The van der Waals surface area contributed by atoms with Gasteiger partial charge in [0.2, 0.25) is 10.0 Å². The zero-order valence-electron chi connectivity index (χ0n) is 18.7. The third-order valence-electron chi connectivity index (χ3n) is 6.24.